The second-order valence-corrected chi connectivity index (χ2v) is 5.97. The van der Waals surface area contributed by atoms with Gasteiger partial charge in [-0.1, -0.05) is 30.3 Å². The number of anilines is 1. The van der Waals surface area contributed by atoms with Crippen molar-refractivity contribution in [3.05, 3.63) is 59.8 Å². The maximum absolute atomic E-state index is 12.1. The molecular formula is C18H22N4O. The highest BCUT2D eigenvalue weighted by Gasteiger charge is 2.22. The molecule has 5 heteroatoms. The lowest BCUT2D eigenvalue weighted by molar-refractivity contribution is 0.0827. The molecule has 1 unspecified atom stereocenters. The highest BCUT2D eigenvalue weighted by molar-refractivity contribution is 5.94. The molecule has 1 aromatic heterocycles. The Morgan fingerprint density at radius 3 is 2.78 bits per heavy atom. The van der Waals surface area contributed by atoms with Crippen molar-refractivity contribution in [2.24, 2.45) is 0 Å². The summed E-state index contributed by atoms with van der Waals surface area (Å²) in [4.78, 5) is 20.4. The average molecular weight is 310 g/mol. The molecule has 3 rings (SSSR count). The van der Waals surface area contributed by atoms with E-state index in [1.165, 1.54) is 5.56 Å². The summed E-state index contributed by atoms with van der Waals surface area (Å²) >= 11 is 0. The summed E-state index contributed by atoms with van der Waals surface area (Å²) in [5.41, 5.74) is 1.95. The van der Waals surface area contributed by atoms with Crippen LogP contribution in [0.1, 0.15) is 22.0 Å². The second-order valence-electron chi connectivity index (χ2n) is 5.97. The van der Waals surface area contributed by atoms with E-state index >= 15 is 0 Å². The molecule has 1 atom stereocenters. The number of amides is 1. The molecule has 2 aromatic rings. The lowest BCUT2D eigenvalue weighted by Gasteiger charge is -2.35. The third-order valence-electron chi connectivity index (χ3n) is 4.10. The van der Waals surface area contributed by atoms with E-state index in [1.54, 1.807) is 31.3 Å². The minimum atomic E-state index is 0.00314. The molecule has 23 heavy (non-hydrogen) atoms. The molecule has 5 nitrogen and oxygen atoms in total. The first-order valence-electron chi connectivity index (χ1n) is 7.86. The number of nitrogens with zero attached hydrogens (tertiary/aromatic N) is 3. The number of carbonyl (C=O) groups excluding carboxylic acids is 1. The highest BCUT2D eigenvalue weighted by atomic mass is 16.2. The zero-order chi connectivity index (χ0) is 16.2. The number of piperazine rings is 1. The maximum Gasteiger partial charge on any atom is 0.253 e. The quantitative estimate of drug-likeness (QED) is 0.941. The summed E-state index contributed by atoms with van der Waals surface area (Å²) in [5, 5.41) is 3.55. The van der Waals surface area contributed by atoms with Gasteiger partial charge in [-0.3, -0.25) is 4.79 Å². The van der Waals surface area contributed by atoms with Crippen molar-refractivity contribution in [3.8, 4) is 0 Å². The Balaban J connectivity index is 1.79. The SMILES string of the molecule is CN(C)C(=O)c1ccnc(N2CCNC(c3ccccc3)C2)c1. The van der Waals surface area contributed by atoms with Gasteiger partial charge in [0.15, 0.2) is 0 Å². The number of carbonyl (C=O) groups is 1. The lowest BCUT2D eigenvalue weighted by atomic mass is 10.0. The number of nitrogens with one attached hydrogen (secondary N) is 1. The van der Waals surface area contributed by atoms with Crippen molar-refractivity contribution in [2.75, 3.05) is 38.6 Å². The van der Waals surface area contributed by atoms with Crippen LogP contribution in [0.25, 0.3) is 0 Å². The molecule has 1 amide bonds. The van der Waals surface area contributed by atoms with Crippen molar-refractivity contribution >= 4 is 11.7 Å². The van der Waals surface area contributed by atoms with Crippen molar-refractivity contribution in [3.63, 3.8) is 0 Å². The van der Waals surface area contributed by atoms with Gasteiger partial charge in [-0.05, 0) is 17.7 Å². The van der Waals surface area contributed by atoms with Crippen LogP contribution < -0.4 is 10.2 Å². The third-order valence-corrected chi connectivity index (χ3v) is 4.10. The normalized spacial score (nSPS) is 17.8. The van der Waals surface area contributed by atoms with Crippen LogP contribution in [0.5, 0.6) is 0 Å². The average Bonchev–Trinajstić information content (AvgIpc) is 2.62. The topological polar surface area (TPSA) is 48.5 Å². The van der Waals surface area contributed by atoms with Crippen LogP contribution >= 0.6 is 0 Å². The smallest absolute Gasteiger partial charge is 0.253 e. The van der Waals surface area contributed by atoms with E-state index in [0.29, 0.717) is 5.56 Å². The van der Waals surface area contributed by atoms with Gasteiger partial charge in [0.2, 0.25) is 0 Å². The highest BCUT2D eigenvalue weighted by Crippen LogP contribution is 2.21. The van der Waals surface area contributed by atoms with Crippen LogP contribution in [-0.2, 0) is 0 Å². The van der Waals surface area contributed by atoms with Crippen molar-refractivity contribution < 1.29 is 4.79 Å². The van der Waals surface area contributed by atoms with Gasteiger partial charge in [0, 0.05) is 51.5 Å². The number of hydrogen-bond donors (Lipinski definition) is 1. The standard InChI is InChI=1S/C18H22N4O/c1-21(2)18(23)15-8-9-20-17(12-15)22-11-10-19-16(13-22)14-6-4-3-5-7-14/h3-9,12,16,19H,10-11,13H2,1-2H3. The van der Waals surface area contributed by atoms with E-state index < -0.39 is 0 Å². The first-order chi connectivity index (χ1) is 11.1. The zero-order valence-corrected chi connectivity index (χ0v) is 13.6. The molecule has 1 aromatic carbocycles. The molecule has 0 spiro atoms. The van der Waals surface area contributed by atoms with Crippen molar-refractivity contribution in [2.45, 2.75) is 6.04 Å². The summed E-state index contributed by atoms with van der Waals surface area (Å²) in [7, 11) is 3.53. The first-order valence-corrected chi connectivity index (χ1v) is 7.86. The Labute approximate surface area is 136 Å². The molecule has 1 saturated heterocycles. The largest absolute Gasteiger partial charge is 0.353 e. The van der Waals surface area contributed by atoms with Gasteiger partial charge in [-0.15, -0.1) is 0 Å². The van der Waals surface area contributed by atoms with Gasteiger partial charge < -0.3 is 15.1 Å². The molecule has 1 aliphatic heterocycles. The van der Waals surface area contributed by atoms with Gasteiger partial charge in [-0.25, -0.2) is 4.98 Å². The fraction of sp³-hybridized carbons (Fsp3) is 0.333. The monoisotopic (exact) mass is 310 g/mol. The van der Waals surface area contributed by atoms with E-state index in [4.69, 9.17) is 0 Å². The summed E-state index contributed by atoms with van der Waals surface area (Å²) in [6, 6.07) is 14.4. The van der Waals surface area contributed by atoms with Gasteiger partial charge in [0.25, 0.3) is 5.91 Å². The van der Waals surface area contributed by atoms with Gasteiger partial charge >= 0.3 is 0 Å². The van der Waals surface area contributed by atoms with E-state index in [-0.39, 0.29) is 11.9 Å². The molecule has 2 heterocycles. The second kappa shape index (κ2) is 6.79. The van der Waals surface area contributed by atoms with Crippen LogP contribution in [0.3, 0.4) is 0 Å². The van der Waals surface area contributed by atoms with Crippen LogP contribution in [-0.4, -0.2) is 49.5 Å². The Morgan fingerprint density at radius 1 is 1.26 bits per heavy atom. The zero-order valence-electron chi connectivity index (χ0n) is 13.6. The van der Waals surface area contributed by atoms with Gasteiger partial charge in [0.05, 0.1) is 0 Å². The summed E-state index contributed by atoms with van der Waals surface area (Å²) in [6.07, 6.45) is 1.71. The predicted molar refractivity (Wildman–Crippen MR) is 91.7 cm³/mol. The third kappa shape index (κ3) is 3.51. The molecular weight excluding hydrogens is 288 g/mol. The van der Waals surface area contributed by atoms with Gasteiger partial charge in [-0.2, -0.15) is 0 Å². The van der Waals surface area contributed by atoms with Crippen LogP contribution in [0.2, 0.25) is 0 Å². The van der Waals surface area contributed by atoms with E-state index in [9.17, 15) is 4.79 Å². The molecule has 0 bridgehead atoms. The molecule has 0 radical (unpaired) electrons. The number of aromatic nitrogens is 1. The van der Waals surface area contributed by atoms with E-state index in [2.05, 4.69) is 39.5 Å². The Hall–Kier alpha value is -2.40. The molecule has 120 valence electrons. The number of hydrogen-bond acceptors (Lipinski definition) is 4. The fourth-order valence-corrected chi connectivity index (χ4v) is 2.85. The predicted octanol–water partition coefficient (Wildman–Crippen LogP) is 1.93. The first kappa shape index (κ1) is 15.5. The molecule has 0 saturated carbocycles. The lowest BCUT2D eigenvalue weighted by Crippen LogP contribution is -2.46. The molecule has 1 aliphatic rings. The number of benzene rings is 1. The van der Waals surface area contributed by atoms with E-state index in [1.807, 2.05) is 12.1 Å². The van der Waals surface area contributed by atoms with Crippen LogP contribution in [0, 0.1) is 0 Å². The molecule has 0 aliphatic carbocycles. The fourth-order valence-electron chi connectivity index (χ4n) is 2.85. The van der Waals surface area contributed by atoms with Gasteiger partial charge in [0.1, 0.15) is 5.82 Å². The van der Waals surface area contributed by atoms with Crippen molar-refractivity contribution in [1.29, 1.82) is 0 Å². The van der Waals surface area contributed by atoms with Crippen LogP contribution in [0.15, 0.2) is 48.7 Å². The maximum atomic E-state index is 12.1. The Kier molecular flexibility index (Phi) is 4.57. The Morgan fingerprint density at radius 2 is 2.04 bits per heavy atom. The van der Waals surface area contributed by atoms with Crippen molar-refractivity contribution in [1.82, 2.24) is 15.2 Å². The molecule has 1 N–H and O–H groups in total. The minimum absolute atomic E-state index is 0.00314. The summed E-state index contributed by atoms with van der Waals surface area (Å²) < 4.78 is 0. The summed E-state index contributed by atoms with van der Waals surface area (Å²) in [6.45, 7) is 2.62. The Bertz CT molecular complexity index is 672. The van der Waals surface area contributed by atoms with Crippen LogP contribution in [0.4, 0.5) is 5.82 Å². The summed E-state index contributed by atoms with van der Waals surface area (Å²) in [5.74, 6) is 0.864. The molecule has 1 fully saturated rings. The van der Waals surface area contributed by atoms with E-state index in [0.717, 1.165) is 25.5 Å². The number of pyridine rings is 1. The number of rotatable bonds is 3. The minimum Gasteiger partial charge on any atom is -0.353 e.